The van der Waals surface area contributed by atoms with Gasteiger partial charge in [-0.05, 0) is 6.42 Å². The summed E-state index contributed by atoms with van der Waals surface area (Å²) >= 11 is 5.53. The summed E-state index contributed by atoms with van der Waals surface area (Å²) in [5.74, 6) is 0. The Morgan fingerprint density at radius 1 is 0.944 bits per heavy atom. The Balaban J connectivity index is 3.18. The van der Waals surface area contributed by atoms with Gasteiger partial charge in [-0.25, -0.2) is 4.79 Å². The topological polar surface area (TPSA) is 40.5 Å². The van der Waals surface area contributed by atoms with Gasteiger partial charge in [0.1, 0.15) is 0 Å². The van der Waals surface area contributed by atoms with Crippen molar-refractivity contribution in [1.82, 2.24) is 4.90 Å². The maximum atomic E-state index is 10.7. The lowest BCUT2D eigenvalue weighted by molar-refractivity contribution is 0.152. The fraction of sp³-hybridized carbons (Fsp3) is 0.929. The number of alkyl halides is 1. The standard InChI is InChI=1S/C14H28ClNO2/c1-2-3-4-5-6-7-8-9-10-11-12-16(13-15)14(17)18/h2-13H2,1H3,(H,17,18). The Bertz CT molecular complexity index is 200. The molecule has 0 aliphatic rings. The van der Waals surface area contributed by atoms with E-state index in [0.29, 0.717) is 6.54 Å². The molecule has 0 atom stereocenters. The molecular weight excluding hydrogens is 250 g/mol. The van der Waals surface area contributed by atoms with Crippen molar-refractivity contribution in [1.29, 1.82) is 0 Å². The second-order valence-electron chi connectivity index (χ2n) is 4.85. The van der Waals surface area contributed by atoms with Gasteiger partial charge in [0.05, 0.1) is 6.00 Å². The number of hydrogen-bond acceptors (Lipinski definition) is 1. The zero-order valence-corrected chi connectivity index (χ0v) is 12.4. The van der Waals surface area contributed by atoms with E-state index in [9.17, 15) is 4.79 Å². The maximum Gasteiger partial charge on any atom is 0.408 e. The van der Waals surface area contributed by atoms with Crippen LogP contribution in [0.2, 0.25) is 0 Å². The van der Waals surface area contributed by atoms with Crippen molar-refractivity contribution in [2.75, 3.05) is 12.5 Å². The number of carboxylic acid groups (broad SMARTS) is 1. The average molecular weight is 278 g/mol. The van der Waals surface area contributed by atoms with Crippen molar-refractivity contribution in [2.45, 2.75) is 71.1 Å². The van der Waals surface area contributed by atoms with Crippen LogP contribution in [0.5, 0.6) is 0 Å². The van der Waals surface area contributed by atoms with Gasteiger partial charge in [-0.15, -0.1) is 11.6 Å². The molecule has 0 bridgehead atoms. The number of amides is 1. The molecule has 0 rings (SSSR count). The van der Waals surface area contributed by atoms with E-state index < -0.39 is 6.09 Å². The number of unbranched alkanes of at least 4 members (excludes halogenated alkanes) is 9. The third-order valence-electron chi connectivity index (χ3n) is 3.20. The molecule has 1 N–H and O–H groups in total. The van der Waals surface area contributed by atoms with E-state index in [4.69, 9.17) is 16.7 Å². The maximum absolute atomic E-state index is 10.7. The number of nitrogens with zero attached hydrogens (tertiary/aromatic N) is 1. The van der Waals surface area contributed by atoms with Gasteiger partial charge in [-0.1, -0.05) is 64.7 Å². The Kier molecular flexibility index (Phi) is 12.7. The highest BCUT2D eigenvalue weighted by molar-refractivity contribution is 6.18. The van der Waals surface area contributed by atoms with Crippen LogP contribution in [0.4, 0.5) is 4.79 Å². The third kappa shape index (κ3) is 10.7. The van der Waals surface area contributed by atoms with E-state index in [-0.39, 0.29) is 6.00 Å². The SMILES string of the molecule is CCCCCCCCCCCCN(CCl)C(=O)O. The predicted octanol–water partition coefficient (Wildman–Crippen LogP) is 5.08. The van der Waals surface area contributed by atoms with Gasteiger partial charge in [0, 0.05) is 6.54 Å². The Morgan fingerprint density at radius 3 is 1.78 bits per heavy atom. The van der Waals surface area contributed by atoms with Gasteiger partial charge in [0.2, 0.25) is 0 Å². The van der Waals surface area contributed by atoms with Gasteiger partial charge >= 0.3 is 6.09 Å². The number of hydrogen-bond donors (Lipinski definition) is 1. The highest BCUT2D eigenvalue weighted by Gasteiger charge is 2.08. The molecule has 1 amide bonds. The van der Waals surface area contributed by atoms with Crippen LogP contribution in [0, 0.1) is 0 Å². The van der Waals surface area contributed by atoms with E-state index in [0.717, 1.165) is 12.8 Å². The minimum Gasteiger partial charge on any atom is -0.465 e. The quantitative estimate of drug-likeness (QED) is 0.307. The minimum absolute atomic E-state index is 0.0762. The van der Waals surface area contributed by atoms with Crippen LogP contribution in [0.15, 0.2) is 0 Å². The van der Waals surface area contributed by atoms with Crippen molar-refractivity contribution in [3.05, 3.63) is 0 Å². The highest BCUT2D eigenvalue weighted by Crippen LogP contribution is 2.10. The van der Waals surface area contributed by atoms with Crippen LogP contribution in [-0.2, 0) is 0 Å². The van der Waals surface area contributed by atoms with E-state index >= 15 is 0 Å². The van der Waals surface area contributed by atoms with E-state index in [1.807, 2.05) is 0 Å². The molecule has 0 aromatic heterocycles. The van der Waals surface area contributed by atoms with Gasteiger partial charge in [0.15, 0.2) is 0 Å². The molecule has 0 unspecified atom stereocenters. The first-order valence-electron chi connectivity index (χ1n) is 7.26. The lowest BCUT2D eigenvalue weighted by atomic mass is 10.1. The van der Waals surface area contributed by atoms with Gasteiger partial charge in [-0.2, -0.15) is 0 Å². The summed E-state index contributed by atoms with van der Waals surface area (Å²) < 4.78 is 0. The molecule has 0 spiro atoms. The number of rotatable bonds is 12. The summed E-state index contributed by atoms with van der Waals surface area (Å²) in [6.45, 7) is 2.80. The van der Waals surface area contributed by atoms with Crippen LogP contribution in [0.1, 0.15) is 71.1 Å². The zero-order valence-electron chi connectivity index (χ0n) is 11.7. The molecule has 0 fully saturated rings. The molecule has 0 heterocycles. The van der Waals surface area contributed by atoms with Crippen molar-refractivity contribution in [2.24, 2.45) is 0 Å². The second kappa shape index (κ2) is 13.0. The highest BCUT2D eigenvalue weighted by atomic mass is 35.5. The summed E-state index contributed by atoms with van der Waals surface area (Å²) in [6.07, 6.45) is 11.7. The molecule has 0 saturated heterocycles. The molecule has 18 heavy (non-hydrogen) atoms. The molecule has 0 aromatic carbocycles. The summed E-state index contributed by atoms with van der Waals surface area (Å²) in [7, 11) is 0. The van der Waals surface area contributed by atoms with Crippen molar-refractivity contribution < 1.29 is 9.90 Å². The molecular formula is C14H28ClNO2. The Hall–Kier alpha value is -0.440. The molecule has 0 saturated carbocycles. The normalized spacial score (nSPS) is 10.6. The molecule has 0 aromatic rings. The minimum atomic E-state index is -0.916. The van der Waals surface area contributed by atoms with Crippen LogP contribution in [-0.4, -0.2) is 28.6 Å². The summed E-state index contributed by atoms with van der Waals surface area (Å²) in [5, 5.41) is 8.76. The fourth-order valence-electron chi connectivity index (χ4n) is 2.00. The smallest absolute Gasteiger partial charge is 0.408 e. The Morgan fingerprint density at radius 2 is 1.39 bits per heavy atom. The average Bonchev–Trinajstić information content (AvgIpc) is 2.35. The van der Waals surface area contributed by atoms with Gasteiger partial charge < -0.3 is 5.11 Å². The first kappa shape index (κ1) is 17.6. The second-order valence-corrected chi connectivity index (χ2v) is 5.09. The van der Waals surface area contributed by atoms with Crippen molar-refractivity contribution in [3.8, 4) is 0 Å². The van der Waals surface area contributed by atoms with Crippen molar-refractivity contribution >= 4 is 17.7 Å². The van der Waals surface area contributed by atoms with E-state index in [1.54, 1.807) is 0 Å². The van der Waals surface area contributed by atoms with E-state index in [1.165, 1.54) is 56.3 Å². The summed E-state index contributed by atoms with van der Waals surface area (Å²) in [5.41, 5.74) is 0. The molecule has 0 radical (unpaired) electrons. The third-order valence-corrected chi connectivity index (χ3v) is 3.48. The van der Waals surface area contributed by atoms with Crippen LogP contribution in [0.25, 0.3) is 0 Å². The monoisotopic (exact) mass is 277 g/mol. The molecule has 3 nitrogen and oxygen atoms in total. The number of carbonyl (C=O) groups is 1. The summed E-state index contributed by atoms with van der Waals surface area (Å²) in [4.78, 5) is 11.9. The summed E-state index contributed by atoms with van der Waals surface area (Å²) in [6, 6.07) is 0.0762. The van der Waals surface area contributed by atoms with Gasteiger partial charge in [-0.3, -0.25) is 4.90 Å². The zero-order chi connectivity index (χ0) is 13.6. The lowest BCUT2D eigenvalue weighted by Gasteiger charge is -2.14. The Labute approximate surface area is 117 Å². The molecule has 108 valence electrons. The first-order chi connectivity index (χ1) is 8.72. The largest absolute Gasteiger partial charge is 0.465 e. The van der Waals surface area contributed by atoms with Crippen LogP contribution < -0.4 is 0 Å². The predicted molar refractivity (Wildman–Crippen MR) is 77.3 cm³/mol. The molecule has 0 aliphatic carbocycles. The number of halogens is 1. The molecule has 0 aliphatic heterocycles. The van der Waals surface area contributed by atoms with Gasteiger partial charge in [0.25, 0.3) is 0 Å². The lowest BCUT2D eigenvalue weighted by Crippen LogP contribution is -2.29. The molecule has 4 heteroatoms. The van der Waals surface area contributed by atoms with Crippen LogP contribution >= 0.6 is 11.6 Å². The van der Waals surface area contributed by atoms with Crippen molar-refractivity contribution in [3.63, 3.8) is 0 Å². The first-order valence-corrected chi connectivity index (χ1v) is 7.79. The van der Waals surface area contributed by atoms with Crippen LogP contribution in [0.3, 0.4) is 0 Å². The fourth-order valence-corrected chi connectivity index (χ4v) is 2.22. The van der Waals surface area contributed by atoms with E-state index in [2.05, 4.69) is 6.92 Å².